The summed E-state index contributed by atoms with van der Waals surface area (Å²) in [5.41, 5.74) is 6.68. The van der Waals surface area contributed by atoms with E-state index in [-0.39, 0.29) is 5.82 Å². The Morgan fingerprint density at radius 1 is 0.844 bits per heavy atom. The predicted molar refractivity (Wildman–Crippen MR) is 126 cm³/mol. The van der Waals surface area contributed by atoms with Gasteiger partial charge in [-0.05, 0) is 58.7 Å². The Hall–Kier alpha value is -4.05. The molecule has 0 bridgehead atoms. The Kier molecular flexibility index (Phi) is 4.08. The number of rotatable bonds is 2. The first kappa shape index (κ1) is 18.7. The van der Waals surface area contributed by atoms with Crippen LogP contribution in [0.25, 0.3) is 55.2 Å². The van der Waals surface area contributed by atoms with E-state index in [0.717, 1.165) is 49.7 Å². The highest BCUT2D eigenvalue weighted by Gasteiger charge is 2.24. The van der Waals surface area contributed by atoms with E-state index in [0.29, 0.717) is 5.71 Å². The quantitative estimate of drug-likeness (QED) is 0.291. The molecule has 3 aromatic carbocycles. The third kappa shape index (κ3) is 2.73. The number of aryl methyl sites for hydroxylation is 2. The van der Waals surface area contributed by atoms with E-state index >= 15 is 0 Å². The van der Waals surface area contributed by atoms with Gasteiger partial charge in [0.2, 0.25) is 11.4 Å². The zero-order valence-corrected chi connectivity index (χ0v) is 17.8. The van der Waals surface area contributed by atoms with Crippen LogP contribution in [-0.2, 0) is 7.05 Å². The summed E-state index contributed by atoms with van der Waals surface area (Å²) in [5, 5.41) is 4.44. The van der Waals surface area contributed by atoms with E-state index in [1.54, 1.807) is 6.20 Å². The van der Waals surface area contributed by atoms with E-state index in [2.05, 4.69) is 52.9 Å². The summed E-state index contributed by atoms with van der Waals surface area (Å²) in [6.45, 7) is 2.14. The van der Waals surface area contributed by atoms with E-state index < -0.39 is 0 Å². The summed E-state index contributed by atoms with van der Waals surface area (Å²) < 4.78 is 21.9. The molecular formula is C28H20FN2O+. The van der Waals surface area contributed by atoms with Crippen LogP contribution in [0, 0.1) is 12.7 Å². The van der Waals surface area contributed by atoms with Crippen LogP contribution in [0.5, 0.6) is 0 Å². The van der Waals surface area contributed by atoms with Crippen molar-refractivity contribution in [3.8, 4) is 22.4 Å². The van der Waals surface area contributed by atoms with Crippen LogP contribution in [-0.4, -0.2) is 4.98 Å². The van der Waals surface area contributed by atoms with Crippen molar-refractivity contribution in [3.05, 3.63) is 96.6 Å². The normalized spacial score (nSPS) is 11.6. The van der Waals surface area contributed by atoms with Crippen molar-refractivity contribution < 1.29 is 13.4 Å². The molecule has 0 saturated carbocycles. The molecule has 0 N–H and O–H groups in total. The number of aromatic nitrogens is 2. The molecule has 0 aliphatic heterocycles. The fourth-order valence-corrected chi connectivity index (χ4v) is 4.66. The van der Waals surface area contributed by atoms with Gasteiger partial charge in [0.25, 0.3) is 0 Å². The second kappa shape index (κ2) is 6.99. The molecule has 0 aliphatic rings. The lowest BCUT2D eigenvalue weighted by atomic mass is 9.92. The number of halogens is 1. The van der Waals surface area contributed by atoms with Crippen molar-refractivity contribution in [1.82, 2.24) is 4.98 Å². The van der Waals surface area contributed by atoms with Gasteiger partial charge in [-0.25, -0.2) is 13.9 Å². The van der Waals surface area contributed by atoms with Crippen molar-refractivity contribution in [1.29, 1.82) is 0 Å². The minimum Gasteiger partial charge on any atom is -0.437 e. The van der Waals surface area contributed by atoms with Crippen molar-refractivity contribution in [2.45, 2.75) is 6.92 Å². The second-order valence-electron chi connectivity index (χ2n) is 8.13. The molecule has 3 nitrogen and oxygen atoms in total. The highest BCUT2D eigenvalue weighted by atomic mass is 19.1. The van der Waals surface area contributed by atoms with Gasteiger partial charge in [0, 0.05) is 29.1 Å². The molecular weight excluding hydrogens is 399 g/mol. The third-order valence-electron chi connectivity index (χ3n) is 6.25. The summed E-state index contributed by atoms with van der Waals surface area (Å²) >= 11 is 0. The SMILES string of the molecule is Cc1c(-c2cc(-c3ccc(F)cc3)cc[n+]2C)c2oc3ncccc3c2c2ccccc12. The standard InChI is InChI=1S/C28H20FN2O/c1-17-21-6-3-4-7-22(21)26-23-8-5-14-30-28(23)32-27(26)25(17)24-16-19(13-15-31(24)2)18-9-11-20(29)12-10-18/h3-16H,1-2H3/q+1. The Morgan fingerprint density at radius 2 is 1.59 bits per heavy atom. The topological polar surface area (TPSA) is 29.9 Å². The van der Waals surface area contributed by atoms with E-state index in [4.69, 9.17) is 4.42 Å². The van der Waals surface area contributed by atoms with E-state index in [9.17, 15) is 4.39 Å². The van der Waals surface area contributed by atoms with Gasteiger partial charge in [0.15, 0.2) is 11.8 Å². The van der Waals surface area contributed by atoms with Crippen LogP contribution < -0.4 is 4.57 Å². The molecule has 0 radical (unpaired) electrons. The lowest BCUT2D eigenvalue weighted by Crippen LogP contribution is -2.30. The fraction of sp³-hybridized carbons (Fsp3) is 0.0714. The molecule has 0 atom stereocenters. The smallest absolute Gasteiger partial charge is 0.227 e. The van der Waals surface area contributed by atoms with Crippen molar-refractivity contribution in [2.75, 3.05) is 0 Å². The van der Waals surface area contributed by atoms with E-state index in [1.165, 1.54) is 17.5 Å². The van der Waals surface area contributed by atoms with Gasteiger partial charge in [-0.15, -0.1) is 0 Å². The summed E-state index contributed by atoms with van der Waals surface area (Å²) in [6.07, 6.45) is 3.80. The highest BCUT2D eigenvalue weighted by Crippen LogP contribution is 2.42. The summed E-state index contributed by atoms with van der Waals surface area (Å²) in [5.74, 6) is -0.239. The minimum absolute atomic E-state index is 0.239. The molecule has 6 aromatic rings. The summed E-state index contributed by atoms with van der Waals surface area (Å²) in [4.78, 5) is 4.48. The molecule has 3 heterocycles. The fourth-order valence-electron chi connectivity index (χ4n) is 4.66. The molecule has 3 aromatic heterocycles. The van der Waals surface area contributed by atoms with Crippen LogP contribution in [0.4, 0.5) is 4.39 Å². The number of fused-ring (bicyclic) bond motifs is 5. The van der Waals surface area contributed by atoms with Gasteiger partial charge in [0.05, 0.1) is 5.56 Å². The Labute approximate surface area is 184 Å². The van der Waals surface area contributed by atoms with Gasteiger partial charge in [-0.1, -0.05) is 36.4 Å². The van der Waals surface area contributed by atoms with Crippen LogP contribution >= 0.6 is 0 Å². The van der Waals surface area contributed by atoms with Crippen molar-refractivity contribution in [3.63, 3.8) is 0 Å². The first-order chi connectivity index (χ1) is 15.6. The molecule has 6 rings (SSSR count). The Balaban J connectivity index is 1.74. The highest BCUT2D eigenvalue weighted by molar-refractivity contribution is 6.22. The molecule has 0 fully saturated rings. The Morgan fingerprint density at radius 3 is 2.41 bits per heavy atom. The predicted octanol–water partition coefficient (Wildman–Crippen LogP) is 6.74. The third-order valence-corrected chi connectivity index (χ3v) is 6.25. The van der Waals surface area contributed by atoms with Gasteiger partial charge in [0.1, 0.15) is 12.9 Å². The van der Waals surface area contributed by atoms with Crippen LogP contribution in [0.3, 0.4) is 0 Å². The van der Waals surface area contributed by atoms with Crippen molar-refractivity contribution in [2.24, 2.45) is 7.05 Å². The first-order valence-electron chi connectivity index (χ1n) is 10.6. The average Bonchev–Trinajstić information content (AvgIpc) is 3.20. The van der Waals surface area contributed by atoms with E-state index in [1.807, 2.05) is 37.5 Å². The van der Waals surface area contributed by atoms with Gasteiger partial charge >= 0.3 is 0 Å². The Bertz CT molecular complexity index is 1650. The number of hydrogen-bond donors (Lipinski definition) is 0. The van der Waals surface area contributed by atoms with Gasteiger partial charge < -0.3 is 4.42 Å². The molecule has 0 saturated heterocycles. The lowest BCUT2D eigenvalue weighted by molar-refractivity contribution is -0.660. The lowest BCUT2D eigenvalue weighted by Gasteiger charge is -2.11. The molecule has 0 unspecified atom stereocenters. The molecule has 32 heavy (non-hydrogen) atoms. The molecule has 154 valence electrons. The zero-order valence-electron chi connectivity index (χ0n) is 17.8. The molecule has 4 heteroatoms. The number of hydrogen-bond acceptors (Lipinski definition) is 2. The van der Waals surface area contributed by atoms with Gasteiger partial charge in [-0.2, -0.15) is 0 Å². The zero-order chi connectivity index (χ0) is 21.8. The van der Waals surface area contributed by atoms with Crippen LogP contribution in [0.2, 0.25) is 0 Å². The molecule has 0 spiro atoms. The van der Waals surface area contributed by atoms with Gasteiger partial charge in [-0.3, -0.25) is 0 Å². The maximum absolute atomic E-state index is 13.5. The number of furan rings is 1. The summed E-state index contributed by atoms with van der Waals surface area (Å²) in [6, 6.07) is 23.2. The minimum atomic E-state index is -0.239. The average molecular weight is 419 g/mol. The first-order valence-corrected chi connectivity index (χ1v) is 10.6. The number of benzene rings is 3. The monoisotopic (exact) mass is 419 g/mol. The van der Waals surface area contributed by atoms with Crippen LogP contribution in [0.1, 0.15) is 5.56 Å². The number of nitrogens with zero attached hydrogens (tertiary/aromatic N) is 2. The molecule has 0 amide bonds. The number of pyridine rings is 2. The second-order valence-corrected chi connectivity index (χ2v) is 8.13. The maximum Gasteiger partial charge on any atom is 0.227 e. The van der Waals surface area contributed by atoms with Crippen LogP contribution in [0.15, 0.2) is 89.6 Å². The summed E-state index contributed by atoms with van der Waals surface area (Å²) in [7, 11) is 2.03. The van der Waals surface area contributed by atoms with Crippen molar-refractivity contribution >= 4 is 32.8 Å². The maximum atomic E-state index is 13.5. The molecule has 0 aliphatic carbocycles. The largest absolute Gasteiger partial charge is 0.437 e.